The molecule has 0 saturated heterocycles. The molecule has 0 saturated carbocycles. The maximum absolute atomic E-state index is 8.52. The van der Waals surface area contributed by atoms with Crippen molar-refractivity contribution in [1.82, 2.24) is 0 Å². The number of hydrogen-bond donors (Lipinski definition) is 0. The van der Waals surface area contributed by atoms with Crippen LogP contribution in [0.4, 0.5) is 0 Å². The molecule has 0 fully saturated rings. The molecule has 0 atom stereocenters. The first kappa shape index (κ1) is 12.0. The van der Waals surface area contributed by atoms with E-state index in [0.717, 1.165) is 0 Å². The third-order valence-corrected chi connectivity index (χ3v) is 0. The van der Waals surface area contributed by atoms with Crippen molar-refractivity contribution >= 4 is 10.4 Å². The van der Waals surface area contributed by atoms with E-state index in [-0.39, 0.29) is 0 Å². The molecule has 0 bridgehead atoms. The van der Waals surface area contributed by atoms with Crippen molar-refractivity contribution in [2.75, 3.05) is 0 Å². The molecule has 0 amide bonds. The van der Waals surface area contributed by atoms with Crippen LogP contribution in [0.3, 0.4) is 0 Å². The third-order valence-electron chi connectivity index (χ3n) is 0. The summed E-state index contributed by atoms with van der Waals surface area (Å²) in [7, 11) is -5.17. The van der Waals surface area contributed by atoms with Gasteiger partial charge in [0.15, 0.2) is 0 Å². The van der Waals surface area contributed by atoms with Crippen molar-refractivity contribution in [2.45, 2.75) is 0 Å². The maximum atomic E-state index is 8.52. The van der Waals surface area contributed by atoms with Gasteiger partial charge in [-0.1, -0.05) is 0 Å². The van der Waals surface area contributed by atoms with Crippen LogP contribution in [-0.4, -0.2) is 17.5 Å². The van der Waals surface area contributed by atoms with Crippen molar-refractivity contribution in [3.05, 3.63) is 0 Å². The van der Waals surface area contributed by atoms with Crippen LogP contribution in [0.5, 0.6) is 0 Å². The topological polar surface area (TPSA) is 149 Å². The van der Waals surface area contributed by atoms with Crippen LogP contribution in [0.1, 0.15) is 0 Å². The van der Waals surface area contributed by atoms with E-state index in [1.165, 1.54) is 0 Å². The van der Waals surface area contributed by atoms with E-state index in [4.69, 9.17) is 30.1 Å². The second-order valence-electron chi connectivity index (χ2n) is 0.597. The SMILES string of the molecule is O=S(=O)([O-])[O-].[O-][Br+2]([O-])[O-]. The molecule has 7 nitrogen and oxygen atoms in total. The molecule has 0 aliphatic carbocycles. The van der Waals surface area contributed by atoms with Gasteiger partial charge in [0, 0.05) is 10.4 Å². The van der Waals surface area contributed by atoms with Gasteiger partial charge in [0.25, 0.3) is 0 Å². The molecule has 0 spiro atoms. The van der Waals surface area contributed by atoms with Crippen molar-refractivity contribution in [1.29, 1.82) is 0 Å². The van der Waals surface area contributed by atoms with Crippen molar-refractivity contribution in [3.8, 4) is 0 Å². The molecule has 9 heavy (non-hydrogen) atoms. The van der Waals surface area contributed by atoms with E-state index < -0.39 is 25.2 Å². The van der Waals surface area contributed by atoms with Crippen molar-refractivity contribution in [3.63, 3.8) is 0 Å². The van der Waals surface area contributed by atoms with Crippen LogP contribution >= 0.6 is 0 Å². The minimum absolute atomic E-state index is 3.65. The Hall–Kier alpha value is 0.230. The first-order valence-corrected chi connectivity index (χ1v) is 4.41. The largest absolute Gasteiger partial charge is 0.759 e. The third kappa shape index (κ3) is 6040. The van der Waals surface area contributed by atoms with Gasteiger partial charge in [0.2, 0.25) is 14.8 Å². The lowest BCUT2D eigenvalue weighted by atomic mass is 15.8. The van der Waals surface area contributed by atoms with Crippen LogP contribution in [-0.2, 0) is 10.4 Å². The molecule has 9 heteroatoms. The summed E-state index contributed by atoms with van der Waals surface area (Å²) < 4.78 is 59.6. The predicted molar refractivity (Wildman–Crippen MR) is 10.5 cm³/mol. The van der Waals surface area contributed by atoms with Crippen LogP contribution < -0.4 is 12.6 Å². The van der Waals surface area contributed by atoms with Gasteiger partial charge in [-0.3, -0.25) is 8.42 Å². The Balaban J connectivity index is 0. The monoisotopic (exact) mass is 223 g/mol. The molecule has 0 heterocycles. The number of halogens is 1. The molecule has 58 valence electrons. The summed E-state index contributed by atoms with van der Waals surface area (Å²) in [5.74, 6) is 0. The fraction of sp³-hybridized carbons (Fsp3) is 0. The van der Waals surface area contributed by atoms with Gasteiger partial charge < -0.3 is 21.7 Å². The maximum Gasteiger partial charge on any atom is 0.216 e. The summed E-state index contributed by atoms with van der Waals surface area (Å²) in [5.41, 5.74) is 0. The Morgan fingerprint density at radius 1 is 1.00 bits per heavy atom. The lowest BCUT2D eigenvalue weighted by Crippen LogP contribution is -2.42. The number of rotatable bonds is 0. The summed E-state index contributed by atoms with van der Waals surface area (Å²) in [5, 5.41) is 0. The fourth-order valence-electron chi connectivity index (χ4n) is 0. The van der Waals surface area contributed by atoms with Gasteiger partial charge >= 0.3 is 0 Å². The molecule has 0 aromatic heterocycles. The molecule has 0 N–H and O–H groups in total. The Morgan fingerprint density at radius 2 is 1.00 bits per heavy atom. The Kier molecular flexibility index (Phi) is 6.71. The molecule has 0 radical (unpaired) electrons. The van der Waals surface area contributed by atoms with Crippen LogP contribution in [0.2, 0.25) is 0 Å². The molecular formula is BrO7S-3. The van der Waals surface area contributed by atoms with Gasteiger partial charge in [-0.25, -0.2) is 0 Å². The quantitative estimate of drug-likeness (QED) is 0.295. The van der Waals surface area contributed by atoms with E-state index in [9.17, 15) is 0 Å². The first-order chi connectivity index (χ1) is 3.73. The Labute approximate surface area is 56.0 Å². The molecule has 0 aromatic rings. The standard InChI is InChI=1S/BrO3.H2O4S/c2-1(3)4;1-5(2,3)4/h;(H2,1,2,3,4)/q-1;/p-2. The van der Waals surface area contributed by atoms with Gasteiger partial charge in [-0.15, -0.1) is 0 Å². The number of hydrogen-bond acceptors (Lipinski definition) is 7. The molecule has 0 rings (SSSR count). The highest BCUT2D eigenvalue weighted by molar-refractivity contribution is 7.79. The molecule has 0 unspecified atom stereocenters. The van der Waals surface area contributed by atoms with E-state index in [1.807, 2.05) is 0 Å². The zero-order valence-corrected chi connectivity index (χ0v) is 6.05. The zero-order chi connectivity index (χ0) is 8.08. The van der Waals surface area contributed by atoms with Crippen LogP contribution in [0, 0.1) is 14.8 Å². The average Bonchev–Trinajstić information content (AvgIpc) is 1.19. The van der Waals surface area contributed by atoms with E-state index in [0.29, 0.717) is 0 Å². The predicted octanol–water partition coefficient (Wildman–Crippen LogP) is -4.90. The van der Waals surface area contributed by atoms with Crippen LogP contribution in [0.25, 0.3) is 0 Å². The molecular weight excluding hydrogens is 224 g/mol. The normalized spacial score (nSPS) is 10.4. The summed E-state index contributed by atoms with van der Waals surface area (Å²) in [6, 6.07) is 0. The fourth-order valence-corrected chi connectivity index (χ4v) is 0. The lowest BCUT2D eigenvalue weighted by molar-refractivity contribution is -1.73. The second kappa shape index (κ2) is 5.05. The molecule has 0 aromatic carbocycles. The Morgan fingerprint density at radius 3 is 1.00 bits per heavy atom. The highest BCUT2D eigenvalue weighted by Crippen LogP contribution is 1.57. The second-order valence-corrected chi connectivity index (χ2v) is 2.21. The van der Waals surface area contributed by atoms with Crippen LogP contribution in [0.15, 0.2) is 0 Å². The lowest BCUT2D eigenvalue weighted by Gasteiger charge is -2.06. The summed E-state index contributed by atoms with van der Waals surface area (Å²) in [4.78, 5) is 0. The van der Waals surface area contributed by atoms with E-state index in [2.05, 4.69) is 0 Å². The Bertz CT molecular complexity index is 120. The van der Waals surface area contributed by atoms with Crippen molar-refractivity contribution < 1.29 is 44.9 Å². The minimum Gasteiger partial charge on any atom is -0.759 e. The minimum atomic E-state index is -5.17. The summed E-state index contributed by atoms with van der Waals surface area (Å²) in [6.07, 6.45) is 0. The molecule has 0 aliphatic rings. The van der Waals surface area contributed by atoms with Crippen molar-refractivity contribution in [2.24, 2.45) is 0 Å². The highest BCUT2D eigenvalue weighted by Gasteiger charge is 1.67. The smallest absolute Gasteiger partial charge is 0.216 e. The van der Waals surface area contributed by atoms with Gasteiger partial charge in [-0.05, 0) is 0 Å². The average molecular weight is 224 g/mol. The van der Waals surface area contributed by atoms with E-state index >= 15 is 0 Å². The zero-order valence-electron chi connectivity index (χ0n) is 3.64. The van der Waals surface area contributed by atoms with Gasteiger partial charge in [0.1, 0.15) is 0 Å². The molecule has 0 aliphatic heterocycles. The van der Waals surface area contributed by atoms with Gasteiger partial charge in [0.05, 0.1) is 0 Å². The van der Waals surface area contributed by atoms with E-state index in [1.54, 1.807) is 0 Å². The summed E-state index contributed by atoms with van der Waals surface area (Å²) >= 11 is -3.65. The summed E-state index contributed by atoms with van der Waals surface area (Å²) in [6.45, 7) is 0. The highest BCUT2D eigenvalue weighted by atomic mass is 80.0. The van der Waals surface area contributed by atoms with Gasteiger partial charge in [-0.2, -0.15) is 0 Å². The first-order valence-electron chi connectivity index (χ1n) is 1.13.